The van der Waals surface area contributed by atoms with E-state index in [9.17, 15) is 9.59 Å². The third-order valence-corrected chi connectivity index (χ3v) is 5.98. The van der Waals surface area contributed by atoms with Gasteiger partial charge in [-0.25, -0.2) is 0 Å². The Morgan fingerprint density at radius 2 is 1.69 bits per heavy atom. The van der Waals surface area contributed by atoms with E-state index in [1.54, 1.807) is 0 Å². The molecule has 29 heavy (non-hydrogen) atoms. The Morgan fingerprint density at radius 3 is 2.41 bits per heavy atom. The summed E-state index contributed by atoms with van der Waals surface area (Å²) in [4.78, 5) is 31.1. The van der Waals surface area contributed by atoms with Crippen molar-refractivity contribution < 1.29 is 9.59 Å². The number of ketones is 1. The van der Waals surface area contributed by atoms with Crippen LogP contribution in [0.1, 0.15) is 48.8 Å². The number of carbonyl (C=O) groups is 2. The van der Waals surface area contributed by atoms with Crippen LogP contribution in [0.2, 0.25) is 0 Å². The van der Waals surface area contributed by atoms with Gasteiger partial charge >= 0.3 is 0 Å². The Kier molecular flexibility index (Phi) is 5.18. The lowest BCUT2D eigenvalue weighted by atomic mass is 9.69. The summed E-state index contributed by atoms with van der Waals surface area (Å²) in [5, 5.41) is 3.05. The molecule has 4 heteroatoms. The number of fused-ring (bicyclic) bond motifs is 1. The van der Waals surface area contributed by atoms with Gasteiger partial charge in [0, 0.05) is 35.0 Å². The van der Waals surface area contributed by atoms with Gasteiger partial charge in [0.1, 0.15) is 5.78 Å². The molecular weight excluding hydrogens is 360 g/mol. The molecule has 0 radical (unpaired) electrons. The number of benzene rings is 2. The maximum Gasteiger partial charge on any atom is 0.254 e. The molecule has 1 aliphatic carbocycles. The lowest BCUT2D eigenvalue weighted by Gasteiger charge is -2.36. The molecule has 1 saturated carbocycles. The van der Waals surface area contributed by atoms with Gasteiger partial charge in [-0.05, 0) is 50.8 Å². The monoisotopic (exact) mass is 386 g/mol. The van der Waals surface area contributed by atoms with Crippen LogP contribution in [0.5, 0.6) is 0 Å². The molecule has 0 bridgehead atoms. The van der Waals surface area contributed by atoms with Crippen molar-refractivity contribution >= 4 is 23.1 Å². The maximum absolute atomic E-state index is 13.4. The van der Waals surface area contributed by atoms with Gasteiger partial charge in [-0.3, -0.25) is 14.6 Å². The number of carbonyl (C=O) groups excluding carboxylic acids is 2. The van der Waals surface area contributed by atoms with Crippen molar-refractivity contribution in [2.75, 3.05) is 5.32 Å². The zero-order chi connectivity index (χ0) is 20.5. The number of para-hydroxylation sites is 1. The van der Waals surface area contributed by atoms with E-state index in [0.717, 1.165) is 40.9 Å². The second-order valence-electron chi connectivity index (χ2n) is 8.06. The summed E-state index contributed by atoms with van der Waals surface area (Å²) < 4.78 is 0. The molecule has 0 spiro atoms. The number of nitrogens with one attached hydrogen (secondary N) is 1. The van der Waals surface area contributed by atoms with Gasteiger partial charge in [-0.1, -0.05) is 48.0 Å². The van der Waals surface area contributed by atoms with Crippen molar-refractivity contribution in [3.63, 3.8) is 0 Å². The molecule has 4 rings (SSSR count). The SMILES string of the molecule is CC1=C(C(=O)Nc2ccccc2C)[C@@H](c2ccc(C)cc2)C2C(=O)CCCC2=N1. The van der Waals surface area contributed by atoms with E-state index in [0.29, 0.717) is 17.7 Å². The van der Waals surface area contributed by atoms with E-state index < -0.39 is 0 Å². The van der Waals surface area contributed by atoms with E-state index in [1.165, 1.54) is 0 Å². The minimum Gasteiger partial charge on any atom is -0.322 e. The van der Waals surface area contributed by atoms with Crippen molar-refractivity contribution in [1.29, 1.82) is 0 Å². The number of allylic oxidation sites excluding steroid dienone is 1. The number of aliphatic imine (C=N–C) groups is 1. The van der Waals surface area contributed by atoms with Crippen LogP contribution in [0.4, 0.5) is 5.69 Å². The van der Waals surface area contributed by atoms with Crippen molar-refractivity contribution in [3.05, 3.63) is 76.5 Å². The predicted octanol–water partition coefficient (Wildman–Crippen LogP) is 5.12. The lowest BCUT2D eigenvalue weighted by molar-refractivity contribution is -0.122. The van der Waals surface area contributed by atoms with Crippen LogP contribution in [0, 0.1) is 19.8 Å². The van der Waals surface area contributed by atoms with Crippen molar-refractivity contribution in [1.82, 2.24) is 0 Å². The molecule has 1 fully saturated rings. The molecule has 2 aliphatic rings. The van der Waals surface area contributed by atoms with Crippen molar-refractivity contribution in [2.45, 2.75) is 46.0 Å². The third kappa shape index (κ3) is 3.67. The van der Waals surface area contributed by atoms with Crippen LogP contribution in [0.25, 0.3) is 0 Å². The molecule has 0 saturated heterocycles. The maximum atomic E-state index is 13.4. The second kappa shape index (κ2) is 7.78. The molecule has 1 unspecified atom stereocenters. The molecule has 2 aromatic rings. The number of anilines is 1. The fourth-order valence-corrected chi connectivity index (χ4v) is 4.45. The summed E-state index contributed by atoms with van der Waals surface area (Å²) in [6, 6.07) is 15.9. The summed E-state index contributed by atoms with van der Waals surface area (Å²) >= 11 is 0. The van der Waals surface area contributed by atoms with Gasteiger partial charge in [-0.2, -0.15) is 0 Å². The molecule has 2 aromatic carbocycles. The van der Waals surface area contributed by atoms with Gasteiger partial charge in [-0.15, -0.1) is 0 Å². The number of hydrogen-bond donors (Lipinski definition) is 1. The molecular formula is C25H26N2O2. The fraction of sp³-hybridized carbons (Fsp3) is 0.320. The molecule has 4 nitrogen and oxygen atoms in total. The number of aryl methyl sites for hydroxylation is 2. The number of amides is 1. The van der Waals surface area contributed by atoms with Gasteiger partial charge < -0.3 is 5.32 Å². The Morgan fingerprint density at radius 1 is 0.966 bits per heavy atom. The third-order valence-electron chi connectivity index (χ3n) is 5.98. The molecule has 2 atom stereocenters. The van der Waals surface area contributed by atoms with Gasteiger partial charge in [0.05, 0.1) is 5.92 Å². The Labute approximate surface area is 171 Å². The summed E-state index contributed by atoms with van der Waals surface area (Å²) in [6.45, 7) is 5.89. The predicted molar refractivity (Wildman–Crippen MR) is 116 cm³/mol. The largest absolute Gasteiger partial charge is 0.322 e. The Hall–Kier alpha value is -3.01. The summed E-state index contributed by atoms with van der Waals surface area (Å²) in [5.74, 6) is -0.620. The first-order valence-electron chi connectivity index (χ1n) is 10.2. The summed E-state index contributed by atoms with van der Waals surface area (Å²) in [5.41, 5.74) is 6.17. The van der Waals surface area contributed by atoms with Crippen LogP contribution in [-0.2, 0) is 9.59 Å². The Balaban J connectivity index is 1.80. The highest BCUT2D eigenvalue weighted by molar-refractivity contribution is 6.14. The lowest BCUT2D eigenvalue weighted by Crippen LogP contribution is -2.39. The van der Waals surface area contributed by atoms with Crippen LogP contribution in [0.15, 0.2) is 64.8 Å². The normalized spacial score (nSPS) is 21.5. The fourth-order valence-electron chi connectivity index (χ4n) is 4.45. The van der Waals surface area contributed by atoms with Gasteiger partial charge in [0.2, 0.25) is 0 Å². The van der Waals surface area contributed by atoms with E-state index in [-0.39, 0.29) is 23.5 Å². The number of rotatable bonds is 3. The molecule has 1 amide bonds. The number of Topliss-reactive ketones (excluding diaryl/α,β-unsaturated/α-hetero) is 1. The second-order valence-corrected chi connectivity index (χ2v) is 8.06. The molecule has 1 N–H and O–H groups in total. The minimum atomic E-state index is -0.340. The highest BCUT2D eigenvalue weighted by atomic mass is 16.2. The highest BCUT2D eigenvalue weighted by Gasteiger charge is 2.43. The van der Waals surface area contributed by atoms with E-state index in [4.69, 9.17) is 4.99 Å². The average molecular weight is 386 g/mol. The van der Waals surface area contributed by atoms with Crippen molar-refractivity contribution in [2.24, 2.45) is 10.9 Å². The Bertz CT molecular complexity index is 1030. The quantitative estimate of drug-likeness (QED) is 0.795. The first-order valence-corrected chi connectivity index (χ1v) is 10.2. The molecule has 148 valence electrons. The number of hydrogen-bond acceptors (Lipinski definition) is 3. The summed E-state index contributed by atoms with van der Waals surface area (Å²) in [7, 11) is 0. The zero-order valence-corrected chi connectivity index (χ0v) is 17.2. The van der Waals surface area contributed by atoms with E-state index in [2.05, 4.69) is 5.32 Å². The zero-order valence-electron chi connectivity index (χ0n) is 17.2. The first kappa shape index (κ1) is 19.3. The van der Waals surface area contributed by atoms with Gasteiger partial charge in [0.15, 0.2) is 0 Å². The van der Waals surface area contributed by atoms with E-state index in [1.807, 2.05) is 69.3 Å². The van der Waals surface area contributed by atoms with Gasteiger partial charge in [0.25, 0.3) is 5.91 Å². The van der Waals surface area contributed by atoms with Crippen molar-refractivity contribution in [3.8, 4) is 0 Å². The van der Waals surface area contributed by atoms with E-state index >= 15 is 0 Å². The minimum absolute atomic E-state index is 0.177. The number of nitrogens with zero attached hydrogens (tertiary/aromatic N) is 1. The first-order chi connectivity index (χ1) is 14.0. The van der Waals surface area contributed by atoms with Crippen LogP contribution >= 0.6 is 0 Å². The van der Waals surface area contributed by atoms with Crippen LogP contribution in [0.3, 0.4) is 0 Å². The molecule has 0 aromatic heterocycles. The molecule has 1 heterocycles. The topological polar surface area (TPSA) is 58.5 Å². The molecule has 1 aliphatic heterocycles. The highest BCUT2D eigenvalue weighted by Crippen LogP contribution is 2.43. The average Bonchev–Trinajstić information content (AvgIpc) is 2.69. The standard InChI is InChI=1S/C25H26N2O2/c1-15-11-13-18(14-12-15)23-22(25(29)27-19-8-5-4-7-16(19)2)17(3)26-20-9-6-10-21(28)24(20)23/h4-5,7-8,11-14,23-24H,6,9-10H2,1-3H3,(H,27,29)/t23-,24?/m1/s1. The smallest absolute Gasteiger partial charge is 0.254 e. The van der Waals surface area contributed by atoms with Crippen LogP contribution < -0.4 is 5.32 Å². The van der Waals surface area contributed by atoms with Crippen LogP contribution in [-0.4, -0.2) is 17.4 Å². The summed E-state index contributed by atoms with van der Waals surface area (Å²) in [6.07, 6.45) is 2.22.